The van der Waals surface area contributed by atoms with Gasteiger partial charge in [-0.15, -0.1) is 0 Å². The molecule has 1 unspecified atom stereocenters. The van der Waals surface area contributed by atoms with Crippen LogP contribution in [-0.4, -0.2) is 61.1 Å². The maximum absolute atomic E-state index is 12.9. The van der Waals surface area contributed by atoms with E-state index in [1.54, 1.807) is 24.9 Å². The summed E-state index contributed by atoms with van der Waals surface area (Å²) in [5, 5.41) is 2.67. The maximum Gasteiger partial charge on any atom is 0.263 e. The van der Waals surface area contributed by atoms with Gasteiger partial charge in [-0.3, -0.25) is 14.6 Å². The molecule has 1 aliphatic heterocycles. The lowest BCUT2D eigenvalue weighted by molar-refractivity contribution is -0.132. The number of carbonyl (C=O) groups is 2. The molecule has 11 heteroatoms. The van der Waals surface area contributed by atoms with Gasteiger partial charge < -0.3 is 19.7 Å². The quantitative estimate of drug-likeness (QED) is 0.529. The number of hydrogen-bond acceptors (Lipinski definition) is 8. The highest BCUT2D eigenvalue weighted by Gasteiger charge is 2.31. The Labute approximate surface area is 202 Å². The van der Waals surface area contributed by atoms with Crippen LogP contribution in [0.5, 0.6) is 17.2 Å². The van der Waals surface area contributed by atoms with Gasteiger partial charge in [-0.2, -0.15) is 0 Å². The van der Waals surface area contributed by atoms with E-state index in [2.05, 4.69) is 15.3 Å². The molecule has 3 aromatic rings. The second-order valence-electron chi connectivity index (χ2n) is 8.19. The third-order valence-corrected chi connectivity index (χ3v) is 6.44. The number of hydrogen-bond donors (Lipinski definition) is 1. The van der Waals surface area contributed by atoms with Crippen molar-refractivity contribution in [3.63, 3.8) is 0 Å². The topological polar surface area (TPSA) is 128 Å². The van der Waals surface area contributed by atoms with Crippen molar-refractivity contribution in [3.8, 4) is 17.2 Å². The molecule has 0 radical (unpaired) electrons. The Kier molecular flexibility index (Phi) is 6.70. The summed E-state index contributed by atoms with van der Waals surface area (Å²) in [5.74, 6) is 0.576. The van der Waals surface area contributed by atoms with Gasteiger partial charge in [0.2, 0.25) is 0 Å². The molecule has 35 heavy (non-hydrogen) atoms. The third-order valence-electron chi connectivity index (χ3n) is 5.31. The molecule has 4 rings (SSSR count). The Morgan fingerprint density at radius 3 is 2.37 bits per heavy atom. The second kappa shape index (κ2) is 9.71. The van der Waals surface area contributed by atoms with Gasteiger partial charge in [-0.25, -0.2) is 13.4 Å². The Hall–Kier alpha value is -3.99. The van der Waals surface area contributed by atoms with E-state index in [1.807, 2.05) is 0 Å². The molecule has 1 N–H and O–H groups in total. The highest BCUT2D eigenvalue weighted by molar-refractivity contribution is 7.90. The van der Waals surface area contributed by atoms with Gasteiger partial charge in [0, 0.05) is 37.9 Å². The predicted octanol–water partition coefficient (Wildman–Crippen LogP) is 2.84. The average molecular weight is 497 g/mol. The van der Waals surface area contributed by atoms with Crippen LogP contribution in [0, 0.1) is 6.92 Å². The van der Waals surface area contributed by atoms with Gasteiger partial charge in [0.1, 0.15) is 17.2 Å². The van der Waals surface area contributed by atoms with Gasteiger partial charge >= 0.3 is 0 Å². The summed E-state index contributed by atoms with van der Waals surface area (Å²) in [4.78, 5) is 35.2. The van der Waals surface area contributed by atoms with E-state index < -0.39 is 21.8 Å². The first-order chi connectivity index (χ1) is 16.6. The van der Waals surface area contributed by atoms with E-state index in [4.69, 9.17) is 9.47 Å². The van der Waals surface area contributed by atoms with Crippen LogP contribution in [0.4, 0.5) is 5.82 Å². The minimum atomic E-state index is -3.35. The van der Waals surface area contributed by atoms with Crippen molar-refractivity contribution >= 4 is 27.5 Å². The number of amides is 2. The van der Waals surface area contributed by atoms with Gasteiger partial charge in [0.05, 0.1) is 23.0 Å². The molecule has 1 aliphatic rings. The number of benzene rings is 2. The van der Waals surface area contributed by atoms with Crippen molar-refractivity contribution in [1.82, 2.24) is 14.9 Å². The van der Waals surface area contributed by atoms with E-state index in [0.717, 1.165) is 6.26 Å². The molecular formula is C24H24N4O6S. The SMILES string of the molecule is Cc1cnc(NC(=O)c2cc(Oc3ccc(S(C)(=O)=O)cc3)cc(OC3CCN(C)C3=O)c2)cn1. The third kappa shape index (κ3) is 5.93. The second-order valence-corrected chi connectivity index (χ2v) is 10.2. The zero-order chi connectivity index (χ0) is 25.2. The Balaban J connectivity index is 1.62. The number of ether oxygens (including phenoxy) is 2. The lowest BCUT2D eigenvalue weighted by Gasteiger charge is -2.16. The largest absolute Gasteiger partial charge is 0.480 e. The summed E-state index contributed by atoms with van der Waals surface area (Å²) < 4.78 is 35.2. The molecule has 2 aromatic carbocycles. The van der Waals surface area contributed by atoms with E-state index >= 15 is 0 Å². The fourth-order valence-electron chi connectivity index (χ4n) is 3.43. The number of aryl methyl sites for hydroxylation is 1. The summed E-state index contributed by atoms with van der Waals surface area (Å²) in [7, 11) is -1.65. The van der Waals surface area contributed by atoms with E-state index in [-0.39, 0.29) is 33.7 Å². The number of sulfone groups is 1. The van der Waals surface area contributed by atoms with Crippen molar-refractivity contribution in [1.29, 1.82) is 0 Å². The van der Waals surface area contributed by atoms with Crippen molar-refractivity contribution in [2.45, 2.75) is 24.3 Å². The molecule has 1 fully saturated rings. The first-order valence-electron chi connectivity index (χ1n) is 10.7. The fourth-order valence-corrected chi connectivity index (χ4v) is 4.06. The van der Waals surface area contributed by atoms with Crippen LogP contribution in [-0.2, 0) is 14.6 Å². The van der Waals surface area contributed by atoms with Gasteiger partial charge in [0.15, 0.2) is 21.8 Å². The minimum Gasteiger partial charge on any atom is -0.480 e. The minimum absolute atomic E-state index is 0.145. The van der Waals surface area contributed by atoms with Crippen LogP contribution in [0.2, 0.25) is 0 Å². The van der Waals surface area contributed by atoms with Crippen molar-refractivity contribution in [3.05, 3.63) is 66.1 Å². The van der Waals surface area contributed by atoms with E-state index in [9.17, 15) is 18.0 Å². The molecule has 0 saturated carbocycles. The monoisotopic (exact) mass is 496 g/mol. The van der Waals surface area contributed by atoms with Crippen LogP contribution < -0.4 is 14.8 Å². The average Bonchev–Trinajstić information content (AvgIpc) is 3.12. The highest BCUT2D eigenvalue weighted by atomic mass is 32.2. The van der Waals surface area contributed by atoms with Crippen LogP contribution in [0.1, 0.15) is 22.5 Å². The van der Waals surface area contributed by atoms with Gasteiger partial charge in [-0.1, -0.05) is 0 Å². The summed E-state index contributed by atoms with van der Waals surface area (Å²) in [6.07, 6.45) is 3.96. The molecule has 182 valence electrons. The number of rotatable bonds is 7. The normalized spacial score (nSPS) is 15.7. The standard InChI is InChI=1S/C24H24N4O6S/c1-15-13-26-22(14-25-15)27-23(29)16-10-18(33-17-4-6-20(7-5-17)35(3,31)32)12-19(11-16)34-21-8-9-28(2)24(21)30/h4-7,10-14,21H,8-9H2,1-3H3,(H,26,27,29). The van der Waals surface area contributed by atoms with Crippen molar-refractivity contribution in [2.24, 2.45) is 0 Å². The molecule has 0 spiro atoms. The lowest BCUT2D eigenvalue weighted by Crippen LogP contribution is -2.29. The van der Waals surface area contributed by atoms with Crippen molar-refractivity contribution in [2.75, 3.05) is 25.2 Å². The molecular weight excluding hydrogens is 472 g/mol. The molecule has 2 amide bonds. The molecule has 0 aliphatic carbocycles. The number of anilines is 1. The summed E-state index contributed by atoms with van der Waals surface area (Å²) in [5.41, 5.74) is 0.925. The zero-order valence-corrected chi connectivity index (χ0v) is 20.2. The molecule has 2 heterocycles. The smallest absolute Gasteiger partial charge is 0.263 e. The molecule has 1 atom stereocenters. The van der Waals surface area contributed by atoms with Crippen LogP contribution in [0.25, 0.3) is 0 Å². The highest BCUT2D eigenvalue weighted by Crippen LogP contribution is 2.30. The van der Waals surface area contributed by atoms with Crippen molar-refractivity contribution < 1.29 is 27.5 Å². The first kappa shape index (κ1) is 24.1. The maximum atomic E-state index is 12.9. The molecule has 0 bridgehead atoms. The van der Waals surface area contributed by atoms with Crippen LogP contribution in [0.3, 0.4) is 0 Å². The summed E-state index contributed by atoms with van der Waals surface area (Å²) in [6, 6.07) is 10.5. The number of nitrogens with one attached hydrogen (secondary N) is 1. The van der Waals surface area contributed by atoms with Crippen LogP contribution >= 0.6 is 0 Å². The Morgan fingerprint density at radius 2 is 1.77 bits per heavy atom. The van der Waals surface area contributed by atoms with E-state index in [1.165, 1.54) is 48.8 Å². The molecule has 1 aromatic heterocycles. The molecule has 1 saturated heterocycles. The fraction of sp³-hybridized carbons (Fsp3) is 0.250. The number of aromatic nitrogens is 2. The van der Waals surface area contributed by atoms with Gasteiger partial charge in [-0.05, 0) is 43.3 Å². The summed E-state index contributed by atoms with van der Waals surface area (Å²) >= 11 is 0. The first-order valence-corrected chi connectivity index (χ1v) is 12.6. The summed E-state index contributed by atoms with van der Waals surface area (Å²) in [6.45, 7) is 2.36. The van der Waals surface area contributed by atoms with E-state index in [0.29, 0.717) is 24.4 Å². The number of nitrogens with zero attached hydrogens (tertiary/aromatic N) is 3. The number of likely N-dealkylation sites (N-methyl/N-ethyl adjacent to an activating group) is 1. The number of likely N-dealkylation sites (tertiary alicyclic amines) is 1. The molecule has 10 nitrogen and oxygen atoms in total. The van der Waals surface area contributed by atoms with Gasteiger partial charge in [0.25, 0.3) is 11.8 Å². The predicted molar refractivity (Wildman–Crippen MR) is 127 cm³/mol. The lowest BCUT2D eigenvalue weighted by atomic mass is 10.1. The Morgan fingerprint density at radius 1 is 1.06 bits per heavy atom. The van der Waals surface area contributed by atoms with Crippen LogP contribution in [0.15, 0.2) is 59.8 Å². The Bertz CT molecular complexity index is 1360. The zero-order valence-electron chi connectivity index (χ0n) is 19.4. The number of carbonyl (C=O) groups excluding carboxylic acids is 2.